The zero-order valence-corrected chi connectivity index (χ0v) is 17.7. The van der Waals surface area contributed by atoms with Gasteiger partial charge in [0.2, 0.25) is 5.91 Å². The topological polar surface area (TPSA) is 113 Å². The fourth-order valence-electron chi connectivity index (χ4n) is 4.36. The van der Waals surface area contributed by atoms with Gasteiger partial charge in [-0.3, -0.25) is 19.1 Å². The van der Waals surface area contributed by atoms with E-state index in [0.29, 0.717) is 25.8 Å². The summed E-state index contributed by atoms with van der Waals surface area (Å²) in [6.07, 6.45) is 2.51. The highest BCUT2D eigenvalue weighted by molar-refractivity contribution is 5.78. The number of aromatic nitrogens is 4. The van der Waals surface area contributed by atoms with Crippen molar-refractivity contribution < 1.29 is 9.90 Å². The molecule has 0 aliphatic carbocycles. The van der Waals surface area contributed by atoms with Crippen LogP contribution in [0, 0.1) is 0 Å². The van der Waals surface area contributed by atoms with E-state index in [0.717, 1.165) is 23.4 Å². The molecule has 3 heterocycles. The fourth-order valence-corrected chi connectivity index (χ4v) is 4.36. The van der Waals surface area contributed by atoms with Crippen molar-refractivity contribution in [3.05, 3.63) is 63.2 Å². The van der Waals surface area contributed by atoms with Crippen LogP contribution in [0.1, 0.15) is 38.6 Å². The molecule has 164 valence electrons. The number of rotatable bonds is 5. The monoisotopic (exact) mass is 425 g/mol. The van der Waals surface area contributed by atoms with Gasteiger partial charge in [-0.1, -0.05) is 12.1 Å². The van der Waals surface area contributed by atoms with E-state index in [1.54, 1.807) is 11.8 Å². The van der Waals surface area contributed by atoms with Crippen LogP contribution in [0.25, 0.3) is 11.0 Å². The van der Waals surface area contributed by atoms with E-state index in [-0.39, 0.29) is 12.5 Å². The number of nitrogens with zero attached hydrogens (tertiary/aromatic N) is 4. The minimum atomic E-state index is -1.17. The Morgan fingerprint density at radius 2 is 2.06 bits per heavy atom. The molecule has 2 N–H and O–H groups in total. The molecule has 0 saturated carbocycles. The third-order valence-corrected chi connectivity index (χ3v) is 6.15. The van der Waals surface area contributed by atoms with Crippen molar-refractivity contribution in [3.63, 3.8) is 0 Å². The normalized spacial score (nSPS) is 21.5. The zero-order valence-electron chi connectivity index (χ0n) is 17.7. The first-order valence-electron chi connectivity index (χ1n) is 10.6. The van der Waals surface area contributed by atoms with Gasteiger partial charge in [0.15, 0.2) is 0 Å². The van der Waals surface area contributed by atoms with Gasteiger partial charge in [-0.25, -0.2) is 9.78 Å². The lowest BCUT2D eigenvalue weighted by molar-refractivity contribution is -0.138. The summed E-state index contributed by atoms with van der Waals surface area (Å²) in [5.41, 5.74) is -0.292. The Morgan fingerprint density at radius 1 is 1.29 bits per heavy atom. The van der Waals surface area contributed by atoms with Gasteiger partial charge in [-0.05, 0) is 32.4 Å². The predicted octanol–water partition coefficient (Wildman–Crippen LogP) is 1.06. The maximum atomic E-state index is 13.0. The average molecular weight is 425 g/mol. The van der Waals surface area contributed by atoms with Crippen LogP contribution in [0.5, 0.6) is 0 Å². The summed E-state index contributed by atoms with van der Waals surface area (Å²) in [5, 5.41) is 10.8. The Kier molecular flexibility index (Phi) is 5.53. The second-order valence-corrected chi connectivity index (χ2v) is 8.24. The minimum absolute atomic E-state index is 0.0484. The minimum Gasteiger partial charge on any atom is -0.388 e. The summed E-state index contributed by atoms with van der Waals surface area (Å²) in [6.45, 7) is 5.08. The van der Waals surface area contributed by atoms with Gasteiger partial charge in [0.25, 0.3) is 5.56 Å². The number of aryl methyl sites for hydroxylation is 2. The number of nitrogens with one attached hydrogen (secondary N) is 1. The summed E-state index contributed by atoms with van der Waals surface area (Å²) < 4.78 is 3.42. The number of amides is 1. The first-order valence-corrected chi connectivity index (χ1v) is 10.6. The lowest BCUT2D eigenvalue weighted by Gasteiger charge is -2.43. The lowest BCUT2D eigenvalue weighted by atomic mass is 9.88. The number of likely N-dealkylation sites (tertiary alicyclic amines) is 1. The number of benzene rings is 1. The molecule has 0 radical (unpaired) electrons. The third kappa shape index (κ3) is 4.05. The molecule has 1 fully saturated rings. The molecule has 1 amide bonds. The molecule has 0 bridgehead atoms. The smallest absolute Gasteiger partial charge is 0.328 e. The number of hydrogen-bond acceptors (Lipinski definition) is 5. The van der Waals surface area contributed by atoms with E-state index in [4.69, 9.17) is 0 Å². The second kappa shape index (κ2) is 8.14. The Balaban J connectivity index is 1.50. The van der Waals surface area contributed by atoms with Gasteiger partial charge in [0, 0.05) is 44.7 Å². The molecule has 1 saturated heterocycles. The van der Waals surface area contributed by atoms with Crippen molar-refractivity contribution in [3.8, 4) is 0 Å². The third-order valence-electron chi connectivity index (χ3n) is 6.15. The van der Waals surface area contributed by atoms with Crippen LogP contribution in [-0.2, 0) is 17.8 Å². The summed E-state index contributed by atoms with van der Waals surface area (Å²) in [6, 6.07) is 8.51. The molecule has 9 nitrogen and oxygen atoms in total. The van der Waals surface area contributed by atoms with E-state index in [2.05, 4.69) is 21.5 Å². The molecule has 2 atom stereocenters. The van der Waals surface area contributed by atoms with Crippen molar-refractivity contribution in [2.75, 3.05) is 13.1 Å². The number of H-pyrrole nitrogens is 1. The van der Waals surface area contributed by atoms with Crippen molar-refractivity contribution in [2.45, 2.75) is 51.3 Å². The molecule has 31 heavy (non-hydrogen) atoms. The zero-order chi connectivity index (χ0) is 22.2. The molecule has 3 aromatic rings. The number of fused-ring (bicyclic) bond motifs is 1. The summed E-state index contributed by atoms with van der Waals surface area (Å²) in [5.74, 6) is 0.821. The fraction of sp³-hybridized carbons (Fsp3) is 0.455. The van der Waals surface area contributed by atoms with Crippen LogP contribution in [0.2, 0.25) is 0 Å². The van der Waals surface area contributed by atoms with Gasteiger partial charge in [0.05, 0.1) is 22.7 Å². The van der Waals surface area contributed by atoms with Crippen LogP contribution >= 0.6 is 0 Å². The quantitative estimate of drug-likeness (QED) is 0.635. The second-order valence-electron chi connectivity index (χ2n) is 8.24. The van der Waals surface area contributed by atoms with Crippen molar-refractivity contribution >= 4 is 16.9 Å². The summed E-state index contributed by atoms with van der Waals surface area (Å²) in [4.78, 5) is 45.2. The molecule has 1 aliphatic heterocycles. The SMILES string of the molecule is CCn1c(CCC(=O)N2CC[C@@](C)(O)[C@H](n3ccc(=O)[nH]c3=O)C2)nc2ccccc21. The van der Waals surface area contributed by atoms with Gasteiger partial charge in [0.1, 0.15) is 5.82 Å². The molecule has 9 heteroatoms. The van der Waals surface area contributed by atoms with Gasteiger partial charge in [-0.2, -0.15) is 0 Å². The van der Waals surface area contributed by atoms with E-state index in [9.17, 15) is 19.5 Å². The molecule has 4 rings (SSSR count). The maximum Gasteiger partial charge on any atom is 0.328 e. The number of aromatic amines is 1. The van der Waals surface area contributed by atoms with E-state index >= 15 is 0 Å². The van der Waals surface area contributed by atoms with E-state index in [1.165, 1.54) is 16.8 Å². The molecule has 0 spiro atoms. The Labute approximate surface area is 179 Å². The van der Waals surface area contributed by atoms with Crippen LogP contribution in [0.4, 0.5) is 0 Å². The van der Waals surface area contributed by atoms with Gasteiger partial charge >= 0.3 is 5.69 Å². The Hall–Kier alpha value is -3.20. The van der Waals surface area contributed by atoms with Crippen LogP contribution in [-0.4, -0.2) is 53.7 Å². The maximum absolute atomic E-state index is 13.0. The van der Waals surface area contributed by atoms with Crippen LogP contribution in [0.3, 0.4) is 0 Å². The molecular formula is C22H27N5O4. The predicted molar refractivity (Wildman–Crippen MR) is 116 cm³/mol. The van der Waals surface area contributed by atoms with Gasteiger partial charge < -0.3 is 14.6 Å². The molecular weight excluding hydrogens is 398 g/mol. The standard InChI is InChI=1S/C22H27N5O4/c1-3-26-16-7-5-4-6-15(16)23-18(26)8-9-20(29)25-13-11-22(2,31)17(14-25)27-12-10-19(28)24-21(27)30/h4-7,10,12,17,31H,3,8-9,11,13-14H2,1-2H3,(H,24,28,30)/t17-,22-/m1/s1. The number of para-hydroxylation sites is 2. The number of piperidine rings is 1. The summed E-state index contributed by atoms with van der Waals surface area (Å²) in [7, 11) is 0. The number of imidazole rings is 1. The van der Waals surface area contributed by atoms with Crippen molar-refractivity contribution in [1.82, 2.24) is 24.0 Å². The van der Waals surface area contributed by atoms with E-state index < -0.39 is 22.9 Å². The van der Waals surface area contributed by atoms with Crippen molar-refractivity contribution in [1.29, 1.82) is 0 Å². The largest absolute Gasteiger partial charge is 0.388 e. The van der Waals surface area contributed by atoms with Crippen LogP contribution < -0.4 is 11.2 Å². The molecule has 1 aromatic carbocycles. The van der Waals surface area contributed by atoms with Crippen molar-refractivity contribution in [2.24, 2.45) is 0 Å². The number of carbonyl (C=O) groups is 1. The first-order chi connectivity index (χ1) is 14.8. The van der Waals surface area contributed by atoms with Gasteiger partial charge in [-0.15, -0.1) is 0 Å². The highest BCUT2D eigenvalue weighted by atomic mass is 16.3. The summed E-state index contributed by atoms with van der Waals surface area (Å²) >= 11 is 0. The lowest BCUT2D eigenvalue weighted by Crippen LogP contribution is -2.55. The van der Waals surface area contributed by atoms with E-state index in [1.807, 2.05) is 24.3 Å². The Bertz CT molecular complexity index is 1220. The molecule has 1 aliphatic rings. The average Bonchev–Trinajstić information content (AvgIpc) is 3.10. The molecule has 2 aromatic heterocycles. The number of hydrogen-bond donors (Lipinski definition) is 2. The highest BCUT2D eigenvalue weighted by Crippen LogP contribution is 2.31. The number of carbonyl (C=O) groups excluding carboxylic acids is 1. The number of aliphatic hydroxyl groups is 1. The highest BCUT2D eigenvalue weighted by Gasteiger charge is 2.40. The Morgan fingerprint density at radius 3 is 2.81 bits per heavy atom. The van der Waals surface area contributed by atoms with Crippen LogP contribution in [0.15, 0.2) is 46.1 Å². The molecule has 0 unspecified atom stereocenters. The first kappa shape index (κ1) is 21.0.